The first-order valence-corrected chi connectivity index (χ1v) is 11.0. The van der Waals surface area contributed by atoms with E-state index in [1.807, 2.05) is 55.5 Å². The Bertz CT molecular complexity index is 888. The molecule has 25 heavy (non-hydrogen) atoms. The fourth-order valence-electron chi connectivity index (χ4n) is 2.68. The van der Waals surface area contributed by atoms with Crippen molar-refractivity contribution in [3.63, 3.8) is 0 Å². The van der Waals surface area contributed by atoms with Gasteiger partial charge in [0.2, 0.25) is 0 Å². The van der Waals surface area contributed by atoms with E-state index in [9.17, 15) is 5.11 Å². The maximum absolute atomic E-state index is 10.5. The number of benzene rings is 3. The molecule has 0 heterocycles. The molecule has 4 heteroatoms. The summed E-state index contributed by atoms with van der Waals surface area (Å²) in [7, 11) is 1.69. The molecule has 0 aliphatic carbocycles. The minimum absolute atomic E-state index is 0.243. The summed E-state index contributed by atoms with van der Waals surface area (Å²) in [5.41, 5.74) is 1.72. The Balaban J connectivity index is 1.64. The second kappa shape index (κ2) is 8.38. The standard InChI is InChI=1S/C21H21NO2Te/c1-15(19-12-7-16-5-3-4-6-20(16)21(19)23)22-13-14-25-18-10-8-17(24-2)9-11-18/h3-12,23H,13-14H2,1-2H3. The van der Waals surface area contributed by atoms with Crippen LogP contribution in [0.25, 0.3) is 10.8 Å². The minimum atomic E-state index is -0.243. The molecule has 0 aliphatic rings. The van der Waals surface area contributed by atoms with Gasteiger partial charge >= 0.3 is 159 Å². The molecule has 0 amide bonds. The molecular weight excluding hydrogens is 426 g/mol. The van der Waals surface area contributed by atoms with Gasteiger partial charge in [0.15, 0.2) is 0 Å². The van der Waals surface area contributed by atoms with E-state index >= 15 is 0 Å². The molecule has 0 aliphatic heterocycles. The Kier molecular flexibility index (Phi) is 5.96. The monoisotopic (exact) mass is 449 g/mol. The number of aromatic hydroxyl groups is 1. The van der Waals surface area contributed by atoms with Crippen molar-refractivity contribution < 1.29 is 9.84 Å². The van der Waals surface area contributed by atoms with Crippen LogP contribution < -0.4 is 8.35 Å². The summed E-state index contributed by atoms with van der Waals surface area (Å²) in [6.07, 6.45) is 0. The molecule has 0 bridgehead atoms. The Morgan fingerprint density at radius 3 is 2.56 bits per heavy atom. The summed E-state index contributed by atoms with van der Waals surface area (Å²) < 4.78 is 7.70. The van der Waals surface area contributed by atoms with Gasteiger partial charge in [-0.05, 0) is 0 Å². The average molecular weight is 447 g/mol. The van der Waals surface area contributed by atoms with Crippen LogP contribution in [0.3, 0.4) is 0 Å². The first-order chi connectivity index (χ1) is 12.2. The van der Waals surface area contributed by atoms with Crippen LogP contribution in [0.5, 0.6) is 11.5 Å². The number of rotatable bonds is 6. The van der Waals surface area contributed by atoms with E-state index < -0.39 is 0 Å². The van der Waals surface area contributed by atoms with Gasteiger partial charge in [0.1, 0.15) is 0 Å². The molecule has 3 nitrogen and oxygen atoms in total. The second-order valence-electron chi connectivity index (χ2n) is 5.67. The van der Waals surface area contributed by atoms with Crippen LogP contribution in [0.4, 0.5) is 0 Å². The number of aliphatic imine (C=N–C) groups is 1. The van der Waals surface area contributed by atoms with Gasteiger partial charge < -0.3 is 0 Å². The molecule has 3 aromatic carbocycles. The van der Waals surface area contributed by atoms with Crippen LogP contribution >= 0.6 is 0 Å². The van der Waals surface area contributed by atoms with Gasteiger partial charge in [0, 0.05) is 0 Å². The zero-order valence-corrected chi connectivity index (χ0v) is 16.7. The number of ether oxygens (including phenoxy) is 1. The van der Waals surface area contributed by atoms with Crippen molar-refractivity contribution >= 4 is 41.0 Å². The van der Waals surface area contributed by atoms with Gasteiger partial charge in [-0.3, -0.25) is 0 Å². The SMILES string of the molecule is COc1ccc([Te]CCN=C(C)c2ccc3ccccc3c2O)cc1. The summed E-state index contributed by atoms with van der Waals surface area (Å²) in [6.45, 7) is 2.77. The van der Waals surface area contributed by atoms with Gasteiger partial charge in [-0.1, -0.05) is 0 Å². The maximum atomic E-state index is 10.5. The molecule has 0 fully saturated rings. The van der Waals surface area contributed by atoms with Crippen molar-refractivity contribution in [2.45, 2.75) is 11.4 Å². The van der Waals surface area contributed by atoms with Crippen LogP contribution in [0, 0.1) is 0 Å². The summed E-state index contributed by atoms with van der Waals surface area (Å²) in [6, 6.07) is 20.2. The van der Waals surface area contributed by atoms with Gasteiger partial charge in [0.25, 0.3) is 0 Å². The molecule has 0 unspecified atom stereocenters. The van der Waals surface area contributed by atoms with Gasteiger partial charge in [-0.15, -0.1) is 0 Å². The average Bonchev–Trinajstić information content (AvgIpc) is 2.66. The van der Waals surface area contributed by atoms with Crippen molar-refractivity contribution in [3.05, 3.63) is 66.2 Å². The quantitative estimate of drug-likeness (QED) is 0.355. The van der Waals surface area contributed by atoms with Crippen molar-refractivity contribution in [3.8, 4) is 11.5 Å². The normalized spacial score (nSPS) is 11.7. The molecule has 0 saturated carbocycles. The second-order valence-corrected chi connectivity index (χ2v) is 9.01. The Hall–Kier alpha value is -2.02. The zero-order valence-electron chi connectivity index (χ0n) is 14.4. The van der Waals surface area contributed by atoms with Gasteiger partial charge in [0.05, 0.1) is 0 Å². The molecule has 0 aromatic heterocycles. The van der Waals surface area contributed by atoms with Crippen molar-refractivity contribution in [2.75, 3.05) is 13.7 Å². The molecule has 0 saturated heterocycles. The van der Waals surface area contributed by atoms with Crippen LogP contribution in [-0.2, 0) is 0 Å². The number of hydrogen-bond donors (Lipinski definition) is 1. The third-order valence-electron chi connectivity index (χ3n) is 4.06. The Morgan fingerprint density at radius 2 is 1.80 bits per heavy atom. The fourth-order valence-corrected chi connectivity index (χ4v) is 4.81. The van der Waals surface area contributed by atoms with Crippen LogP contribution in [0.15, 0.2) is 65.7 Å². The molecule has 1 N–H and O–H groups in total. The third kappa shape index (κ3) is 4.34. The fraction of sp³-hybridized carbons (Fsp3) is 0.190. The number of phenolic OH excluding ortho intramolecular Hbond substituents is 1. The predicted molar refractivity (Wildman–Crippen MR) is 106 cm³/mol. The van der Waals surface area contributed by atoms with E-state index in [1.165, 1.54) is 3.61 Å². The van der Waals surface area contributed by atoms with Gasteiger partial charge in [-0.25, -0.2) is 0 Å². The van der Waals surface area contributed by atoms with Gasteiger partial charge in [-0.2, -0.15) is 0 Å². The van der Waals surface area contributed by atoms with E-state index in [0.717, 1.165) is 38.8 Å². The number of hydrogen-bond acceptors (Lipinski definition) is 3. The van der Waals surface area contributed by atoms with Crippen LogP contribution in [-0.4, -0.2) is 45.4 Å². The summed E-state index contributed by atoms with van der Waals surface area (Å²) in [5, 5.41) is 12.4. The van der Waals surface area contributed by atoms with Crippen molar-refractivity contribution in [1.82, 2.24) is 0 Å². The summed E-state index contributed by atoms with van der Waals surface area (Å²) >= 11 is -0.243. The van der Waals surface area contributed by atoms with Crippen LogP contribution in [0.2, 0.25) is 4.47 Å². The number of fused-ring (bicyclic) bond motifs is 1. The number of phenols is 1. The van der Waals surface area contributed by atoms with E-state index in [2.05, 4.69) is 17.1 Å². The van der Waals surface area contributed by atoms with E-state index in [1.54, 1.807) is 7.11 Å². The predicted octanol–water partition coefficient (Wildman–Crippen LogP) is 3.81. The van der Waals surface area contributed by atoms with E-state index in [0.29, 0.717) is 5.75 Å². The molecule has 3 rings (SSSR count). The molecule has 0 spiro atoms. The van der Waals surface area contributed by atoms with Crippen molar-refractivity contribution in [1.29, 1.82) is 0 Å². The van der Waals surface area contributed by atoms with Crippen LogP contribution in [0.1, 0.15) is 12.5 Å². The van der Waals surface area contributed by atoms with E-state index in [-0.39, 0.29) is 20.9 Å². The zero-order chi connectivity index (χ0) is 17.6. The first kappa shape index (κ1) is 17.8. The molecule has 0 atom stereocenters. The molecule has 3 aromatic rings. The first-order valence-electron chi connectivity index (χ1n) is 8.18. The molecule has 128 valence electrons. The molecular formula is C21H21NO2Te. The summed E-state index contributed by atoms with van der Waals surface area (Å²) in [5.74, 6) is 1.22. The molecule has 0 radical (unpaired) electrons. The van der Waals surface area contributed by atoms with Crippen molar-refractivity contribution in [2.24, 2.45) is 4.99 Å². The Morgan fingerprint density at radius 1 is 1.04 bits per heavy atom. The summed E-state index contributed by atoms with van der Waals surface area (Å²) in [4.78, 5) is 4.68. The topological polar surface area (TPSA) is 41.8 Å². The van der Waals surface area contributed by atoms with E-state index in [4.69, 9.17) is 4.74 Å². The number of methoxy groups -OCH3 is 1. The Labute approximate surface area is 158 Å². The third-order valence-corrected chi connectivity index (χ3v) is 6.89. The number of nitrogens with zero attached hydrogens (tertiary/aromatic N) is 1.